The van der Waals surface area contributed by atoms with Crippen LogP contribution in [0.1, 0.15) is 45.6 Å². The fraction of sp³-hybridized carbons (Fsp3) is 0.440. The molecule has 0 aliphatic carbocycles. The van der Waals surface area contributed by atoms with Crippen molar-refractivity contribution in [3.8, 4) is 5.75 Å². The molecule has 0 aromatic heterocycles. The van der Waals surface area contributed by atoms with Gasteiger partial charge in [0.1, 0.15) is 17.6 Å². The molecule has 2 amide bonds. The van der Waals surface area contributed by atoms with Crippen molar-refractivity contribution >= 4 is 11.8 Å². The number of nitrogens with one attached hydrogen (secondary N) is 1. The van der Waals surface area contributed by atoms with E-state index in [1.165, 1.54) is 12.1 Å². The Bertz CT molecular complexity index is 809. The molecular weight excluding hydrogens is 395 g/mol. The van der Waals surface area contributed by atoms with Crippen molar-refractivity contribution in [1.29, 1.82) is 0 Å². The minimum absolute atomic E-state index is 0.118. The number of benzene rings is 2. The third-order valence-electron chi connectivity index (χ3n) is 4.88. The highest BCUT2D eigenvalue weighted by Gasteiger charge is 2.28. The van der Waals surface area contributed by atoms with Crippen LogP contribution >= 0.6 is 0 Å². The number of para-hydroxylation sites is 1. The van der Waals surface area contributed by atoms with Crippen molar-refractivity contribution in [1.82, 2.24) is 10.2 Å². The molecule has 0 radical (unpaired) electrons. The van der Waals surface area contributed by atoms with Gasteiger partial charge in [0, 0.05) is 19.5 Å². The molecule has 0 spiro atoms. The number of carbonyl (C=O) groups excluding carboxylic acids is 2. The van der Waals surface area contributed by atoms with E-state index in [4.69, 9.17) is 4.74 Å². The Hall–Kier alpha value is -2.89. The number of hydrogen-bond acceptors (Lipinski definition) is 3. The van der Waals surface area contributed by atoms with Gasteiger partial charge < -0.3 is 15.0 Å². The molecule has 2 rings (SSSR count). The van der Waals surface area contributed by atoms with E-state index in [-0.39, 0.29) is 30.6 Å². The second-order valence-corrected chi connectivity index (χ2v) is 7.98. The molecule has 0 aliphatic rings. The van der Waals surface area contributed by atoms with Crippen LogP contribution in [0.2, 0.25) is 0 Å². The SMILES string of the molecule is CCC(C(=O)NCC(C)C)N(Cc1ccc(F)cc1)C(=O)CCCOc1ccccc1. The molecule has 0 aliphatic heterocycles. The lowest BCUT2D eigenvalue weighted by atomic mass is 10.1. The van der Waals surface area contributed by atoms with Crippen molar-refractivity contribution in [2.24, 2.45) is 5.92 Å². The van der Waals surface area contributed by atoms with E-state index in [0.29, 0.717) is 31.9 Å². The van der Waals surface area contributed by atoms with E-state index in [1.54, 1.807) is 17.0 Å². The average Bonchev–Trinajstić information content (AvgIpc) is 2.77. The Labute approximate surface area is 184 Å². The lowest BCUT2D eigenvalue weighted by Gasteiger charge is -2.31. The average molecular weight is 429 g/mol. The molecule has 0 heterocycles. The molecule has 1 N–H and O–H groups in total. The van der Waals surface area contributed by atoms with E-state index in [1.807, 2.05) is 51.1 Å². The maximum absolute atomic E-state index is 13.3. The standard InChI is InChI=1S/C25H33FN2O3/c1-4-23(25(30)27-17-19(2)3)28(18-20-12-14-21(26)15-13-20)24(29)11-8-16-31-22-9-6-5-7-10-22/h5-7,9-10,12-15,19,23H,4,8,11,16-18H2,1-3H3,(H,27,30). The summed E-state index contributed by atoms with van der Waals surface area (Å²) in [7, 11) is 0. The summed E-state index contributed by atoms with van der Waals surface area (Å²) in [6.45, 7) is 7.16. The zero-order chi connectivity index (χ0) is 22.6. The van der Waals surface area contributed by atoms with Crippen LogP contribution < -0.4 is 10.1 Å². The maximum atomic E-state index is 13.3. The molecule has 0 saturated heterocycles. The predicted octanol–water partition coefficient (Wildman–Crippen LogP) is 4.56. The number of hydrogen-bond donors (Lipinski definition) is 1. The lowest BCUT2D eigenvalue weighted by Crippen LogP contribution is -2.49. The van der Waals surface area contributed by atoms with Crippen LogP contribution in [0.3, 0.4) is 0 Å². The second-order valence-electron chi connectivity index (χ2n) is 7.98. The topological polar surface area (TPSA) is 58.6 Å². The van der Waals surface area contributed by atoms with Gasteiger partial charge in [-0.1, -0.05) is 51.1 Å². The van der Waals surface area contributed by atoms with Gasteiger partial charge in [-0.15, -0.1) is 0 Å². The van der Waals surface area contributed by atoms with Gasteiger partial charge in [0.15, 0.2) is 0 Å². The van der Waals surface area contributed by atoms with Crippen molar-refractivity contribution in [2.45, 2.75) is 52.6 Å². The van der Waals surface area contributed by atoms with Gasteiger partial charge in [-0.3, -0.25) is 9.59 Å². The zero-order valence-corrected chi connectivity index (χ0v) is 18.6. The molecule has 168 valence electrons. The summed E-state index contributed by atoms with van der Waals surface area (Å²) in [6, 6.07) is 14.9. The van der Waals surface area contributed by atoms with E-state index in [2.05, 4.69) is 5.32 Å². The molecular formula is C25H33FN2O3. The molecule has 2 aromatic carbocycles. The molecule has 1 atom stereocenters. The molecule has 31 heavy (non-hydrogen) atoms. The first kappa shape index (κ1) is 24.4. The van der Waals surface area contributed by atoms with E-state index in [0.717, 1.165) is 11.3 Å². The predicted molar refractivity (Wildman–Crippen MR) is 120 cm³/mol. The summed E-state index contributed by atoms with van der Waals surface area (Å²) < 4.78 is 19.0. The lowest BCUT2D eigenvalue weighted by molar-refractivity contribution is -0.141. The summed E-state index contributed by atoms with van der Waals surface area (Å²) >= 11 is 0. The third kappa shape index (κ3) is 8.40. The van der Waals surface area contributed by atoms with Gasteiger partial charge in [0.2, 0.25) is 11.8 Å². The van der Waals surface area contributed by atoms with Gasteiger partial charge in [-0.05, 0) is 48.6 Å². The monoisotopic (exact) mass is 428 g/mol. The van der Waals surface area contributed by atoms with E-state index < -0.39 is 6.04 Å². The van der Waals surface area contributed by atoms with Crippen LogP contribution in [-0.4, -0.2) is 35.9 Å². The minimum atomic E-state index is -0.577. The van der Waals surface area contributed by atoms with Crippen LogP contribution in [-0.2, 0) is 16.1 Å². The van der Waals surface area contributed by atoms with Gasteiger partial charge in [0.05, 0.1) is 6.61 Å². The molecule has 2 aromatic rings. The smallest absolute Gasteiger partial charge is 0.242 e. The van der Waals surface area contributed by atoms with Crippen molar-refractivity contribution in [3.05, 3.63) is 66.0 Å². The van der Waals surface area contributed by atoms with Crippen LogP contribution in [0, 0.1) is 11.7 Å². The van der Waals surface area contributed by atoms with Crippen molar-refractivity contribution in [3.63, 3.8) is 0 Å². The first-order chi connectivity index (χ1) is 14.9. The van der Waals surface area contributed by atoms with Crippen LogP contribution in [0.15, 0.2) is 54.6 Å². The Morgan fingerprint density at radius 3 is 2.35 bits per heavy atom. The number of ether oxygens (including phenoxy) is 1. The highest BCUT2D eigenvalue weighted by atomic mass is 19.1. The number of rotatable bonds is 12. The zero-order valence-electron chi connectivity index (χ0n) is 18.6. The largest absolute Gasteiger partial charge is 0.494 e. The minimum Gasteiger partial charge on any atom is -0.494 e. The Morgan fingerprint density at radius 2 is 1.74 bits per heavy atom. The van der Waals surface area contributed by atoms with Crippen LogP contribution in [0.4, 0.5) is 4.39 Å². The van der Waals surface area contributed by atoms with Crippen LogP contribution in [0.25, 0.3) is 0 Å². The number of nitrogens with zero attached hydrogens (tertiary/aromatic N) is 1. The summed E-state index contributed by atoms with van der Waals surface area (Å²) in [5.41, 5.74) is 0.783. The summed E-state index contributed by atoms with van der Waals surface area (Å²) in [5.74, 6) is 0.469. The van der Waals surface area contributed by atoms with Gasteiger partial charge in [0.25, 0.3) is 0 Å². The number of halogens is 1. The van der Waals surface area contributed by atoms with Gasteiger partial charge >= 0.3 is 0 Å². The fourth-order valence-electron chi connectivity index (χ4n) is 3.20. The first-order valence-electron chi connectivity index (χ1n) is 10.9. The summed E-state index contributed by atoms with van der Waals surface area (Å²) in [6.07, 6.45) is 1.30. The highest BCUT2D eigenvalue weighted by molar-refractivity contribution is 5.87. The molecule has 0 bridgehead atoms. The molecule has 0 saturated carbocycles. The molecule has 1 unspecified atom stereocenters. The Morgan fingerprint density at radius 1 is 1.06 bits per heavy atom. The fourth-order valence-corrected chi connectivity index (χ4v) is 3.20. The third-order valence-corrected chi connectivity index (χ3v) is 4.88. The van der Waals surface area contributed by atoms with Crippen LogP contribution in [0.5, 0.6) is 5.75 Å². The molecule has 6 heteroatoms. The molecule has 0 fully saturated rings. The van der Waals surface area contributed by atoms with Gasteiger partial charge in [-0.25, -0.2) is 4.39 Å². The Balaban J connectivity index is 2.04. The summed E-state index contributed by atoms with van der Waals surface area (Å²) in [4.78, 5) is 27.5. The summed E-state index contributed by atoms with van der Waals surface area (Å²) in [5, 5.41) is 2.93. The second kappa shape index (κ2) is 12.7. The highest BCUT2D eigenvalue weighted by Crippen LogP contribution is 2.16. The number of amides is 2. The molecule has 5 nitrogen and oxygen atoms in total. The van der Waals surface area contributed by atoms with E-state index >= 15 is 0 Å². The van der Waals surface area contributed by atoms with E-state index in [9.17, 15) is 14.0 Å². The maximum Gasteiger partial charge on any atom is 0.242 e. The quantitative estimate of drug-likeness (QED) is 0.504. The normalized spacial score (nSPS) is 11.8. The van der Waals surface area contributed by atoms with Crippen molar-refractivity contribution < 1.29 is 18.7 Å². The number of carbonyl (C=O) groups is 2. The first-order valence-corrected chi connectivity index (χ1v) is 10.9. The van der Waals surface area contributed by atoms with Crippen molar-refractivity contribution in [2.75, 3.05) is 13.2 Å². The van der Waals surface area contributed by atoms with Gasteiger partial charge in [-0.2, -0.15) is 0 Å². The Kier molecular flexibility index (Phi) is 10.0.